The van der Waals surface area contributed by atoms with E-state index in [9.17, 15) is 0 Å². The van der Waals surface area contributed by atoms with Gasteiger partial charge >= 0.3 is 0 Å². The lowest BCUT2D eigenvalue weighted by molar-refractivity contribution is 0.0552. The Labute approximate surface area is 133 Å². The van der Waals surface area contributed by atoms with Gasteiger partial charge in [0.2, 0.25) is 0 Å². The first-order chi connectivity index (χ1) is 10.1. The van der Waals surface area contributed by atoms with Gasteiger partial charge in [0.05, 0.1) is 23.5 Å². The highest BCUT2D eigenvalue weighted by atomic mass is 79.9. The molecule has 1 saturated heterocycles. The van der Waals surface area contributed by atoms with Crippen LogP contribution in [0.5, 0.6) is 0 Å². The number of aromatic nitrogens is 3. The summed E-state index contributed by atoms with van der Waals surface area (Å²) >= 11 is 3.52. The second-order valence-electron chi connectivity index (χ2n) is 5.71. The quantitative estimate of drug-likeness (QED) is 0.793. The number of rotatable bonds is 3. The second kappa shape index (κ2) is 5.89. The average molecular weight is 350 g/mol. The van der Waals surface area contributed by atoms with E-state index in [1.807, 2.05) is 18.2 Å². The maximum atomic E-state index is 5.98. The molecule has 1 aliphatic rings. The Morgan fingerprint density at radius 1 is 1.10 bits per heavy atom. The number of halogens is 1. The molecule has 0 saturated carbocycles. The third kappa shape index (κ3) is 2.53. The lowest BCUT2D eigenvalue weighted by Gasteiger charge is -2.19. The van der Waals surface area contributed by atoms with Crippen LogP contribution in [0.2, 0.25) is 0 Å². The summed E-state index contributed by atoms with van der Waals surface area (Å²) in [5.41, 5.74) is 1.10. The molecule has 112 valence electrons. The van der Waals surface area contributed by atoms with Crippen molar-refractivity contribution in [3.63, 3.8) is 0 Å². The molecule has 1 aromatic heterocycles. The van der Waals surface area contributed by atoms with Crippen molar-refractivity contribution in [3.05, 3.63) is 42.0 Å². The van der Waals surface area contributed by atoms with Gasteiger partial charge in [-0.15, -0.1) is 10.2 Å². The van der Waals surface area contributed by atoms with Gasteiger partial charge in [0, 0.05) is 5.69 Å². The molecular weight excluding hydrogens is 330 g/mol. The lowest BCUT2D eigenvalue weighted by Crippen LogP contribution is -2.20. The molecule has 0 N–H and O–H groups in total. The van der Waals surface area contributed by atoms with Gasteiger partial charge in [0.1, 0.15) is 11.6 Å². The number of alkyl halides is 1. The molecule has 1 fully saturated rings. The second-order valence-corrected chi connectivity index (χ2v) is 6.27. The third-order valence-electron chi connectivity index (χ3n) is 4.43. The zero-order valence-electron chi connectivity index (χ0n) is 12.5. The summed E-state index contributed by atoms with van der Waals surface area (Å²) in [5.74, 6) is 2.62. The number of ether oxygens (including phenoxy) is 1. The van der Waals surface area contributed by atoms with Crippen molar-refractivity contribution in [2.24, 2.45) is 5.92 Å². The maximum absolute atomic E-state index is 5.98. The van der Waals surface area contributed by atoms with Gasteiger partial charge in [0.25, 0.3) is 0 Å². The molecule has 1 aliphatic heterocycles. The highest BCUT2D eigenvalue weighted by molar-refractivity contribution is 9.08. The van der Waals surface area contributed by atoms with Crippen LogP contribution in [0.3, 0.4) is 0 Å². The summed E-state index contributed by atoms with van der Waals surface area (Å²) in [6.07, 6.45) is 0.406. The van der Waals surface area contributed by atoms with Crippen molar-refractivity contribution < 1.29 is 4.74 Å². The Morgan fingerprint density at radius 2 is 1.81 bits per heavy atom. The fourth-order valence-corrected chi connectivity index (χ4v) is 3.57. The predicted octanol–water partition coefficient (Wildman–Crippen LogP) is 3.69. The molecule has 0 aliphatic carbocycles. The largest absolute Gasteiger partial charge is 0.374 e. The monoisotopic (exact) mass is 349 g/mol. The van der Waals surface area contributed by atoms with Crippen molar-refractivity contribution in [1.82, 2.24) is 14.8 Å². The molecule has 4 nitrogen and oxygen atoms in total. The van der Waals surface area contributed by atoms with E-state index in [1.54, 1.807) is 0 Å². The van der Waals surface area contributed by atoms with Crippen LogP contribution in [-0.4, -0.2) is 27.0 Å². The zero-order chi connectivity index (χ0) is 15.0. The SMILES string of the molecule is CC1OC(C)C(c2nnc(CBr)n2-c2ccccc2)C1C. The van der Waals surface area contributed by atoms with E-state index in [2.05, 4.69) is 63.6 Å². The first-order valence-corrected chi connectivity index (χ1v) is 8.46. The molecular formula is C16H20BrN3O. The topological polar surface area (TPSA) is 39.9 Å². The standard InChI is InChI=1S/C16H20BrN3O/c1-10-11(2)21-12(3)15(10)16-19-18-14(9-17)20(16)13-7-5-4-6-8-13/h4-8,10-12,15H,9H2,1-3H3. The molecule has 0 bridgehead atoms. The molecule has 3 rings (SSSR count). The normalized spacial score (nSPS) is 29.0. The molecule has 5 heteroatoms. The van der Waals surface area contributed by atoms with Crippen LogP contribution in [-0.2, 0) is 10.1 Å². The van der Waals surface area contributed by atoms with Gasteiger partial charge in [-0.3, -0.25) is 4.57 Å². The fourth-order valence-electron chi connectivity index (χ4n) is 3.20. The van der Waals surface area contributed by atoms with Crippen LogP contribution >= 0.6 is 15.9 Å². The number of nitrogens with zero attached hydrogens (tertiary/aromatic N) is 3. The molecule has 2 heterocycles. The van der Waals surface area contributed by atoms with Crippen LogP contribution < -0.4 is 0 Å². The molecule has 4 atom stereocenters. The van der Waals surface area contributed by atoms with E-state index in [4.69, 9.17) is 4.74 Å². The minimum atomic E-state index is 0.157. The molecule has 21 heavy (non-hydrogen) atoms. The molecule has 2 aromatic rings. The van der Waals surface area contributed by atoms with Crippen molar-refractivity contribution >= 4 is 15.9 Å². The van der Waals surface area contributed by atoms with Gasteiger partial charge in [-0.2, -0.15) is 0 Å². The van der Waals surface area contributed by atoms with Gasteiger partial charge < -0.3 is 4.74 Å². The Balaban J connectivity index is 2.10. The van der Waals surface area contributed by atoms with E-state index in [0.29, 0.717) is 11.2 Å². The molecule has 1 aromatic carbocycles. The van der Waals surface area contributed by atoms with E-state index < -0.39 is 0 Å². The van der Waals surface area contributed by atoms with Crippen molar-refractivity contribution in [3.8, 4) is 5.69 Å². The molecule has 0 amide bonds. The van der Waals surface area contributed by atoms with Gasteiger partial charge in [-0.05, 0) is 31.9 Å². The number of hydrogen-bond donors (Lipinski definition) is 0. The maximum Gasteiger partial charge on any atom is 0.148 e. The number of para-hydroxylation sites is 1. The number of hydrogen-bond acceptors (Lipinski definition) is 3. The minimum absolute atomic E-state index is 0.157. The highest BCUT2D eigenvalue weighted by Crippen LogP contribution is 2.40. The van der Waals surface area contributed by atoms with Crippen molar-refractivity contribution in [2.45, 2.75) is 44.2 Å². The van der Waals surface area contributed by atoms with E-state index in [0.717, 1.165) is 17.3 Å². The Hall–Kier alpha value is -1.20. The average Bonchev–Trinajstić information content (AvgIpc) is 3.01. The van der Waals surface area contributed by atoms with Gasteiger partial charge in [-0.1, -0.05) is 41.1 Å². The Kier molecular flexibility index (Phi) is 4.13. The van der Waals surface area contributed by atoms with Crippen LogP contribution in [0.4, 0.5) is 0 Å². The predicted molar refractivity (Wildman–Crippen MR) is 85.9 cm³/mol. The Bertz CT molecular complexity index is 613. The van der Waals surface area contributed by atoms with E-state index in [1.165, 1.54) is 0 Å². The van der Waals surface area contributed by atoms with Crippen LogP contribution in [0.15, 0.2) is 30.3 Å². The third-order valence-corrected chi connectivity index (χ3v) is 4.93. The van der Waals surface area contributed by atoms with Crippen LogP contribution in [0, 0.1) is 5.92 Å². The zero-order valence-corrected chi connectivity index (χ0v) is 14.1. The summed E-state index contributed by atoms with van der Waals surface area (Å²) in [7, 11) is 0. The fraction of sp³-hybridized carbons (Fsp3) is 0.500. The number of benzene rings is 1. The first-order valence-electron chi connectivity index (χ1n) is 7.34. The molecule has 0 spiro atoms. The molecule has 4 unspecified atom stereocenters. The van der Waals surface area contributed by atoms with Crippen molar-refractivity contribution in [1.29, 1.82) is 0 Å². The van der Waals surface area contributed by atoms with Gasteiger partial charge in [0.15, 0.2) is 0 Å². The summed E-state index contributed by atoms with van der Waals surface area (Å²) < 4.78 is 8.14. The summed E-state index contributed by atoms with van der Waals surface area (Å²) in [5, 5.41) is 9.52. The minimum Gasteiger partial charge on any atom is -0.374 e. The van der Waals surface area contributed by atoms with E-state index >= 15 is 0 Å². The first kappa shape index (κ1) is 14.7. The van der Waals surface area contributed by atoms with Crippen LogP contribution in [0.1, 0.15) is 38.3 Å². The smallest absolute Gasteiger partial charge is 0.148 e. The van der Waals surface area contributed by atoms with Crippen molar-refractivity contribution in [2.75, 3.05) is 0 Å². The van der Waals surface area contributed by atoms with Crippen LogP contribution in [0.25, 0.3) is 5.69 Å². The lowest BCUT2D eigenvalue weighted by atomic mass is 9.88. The van der Waals surface area contributed by atoms with E-state index in [-0.39, 0.29) is 18.1 Å². The summed E-state index contributed by atoms with van der Waals surface area (Å²) in [6, 6.07) is 10.3. The molecule has 0 radical (unpaired) electrons. The summed E-state index contributed by atoms with van der Waals surface area (Å²) in [6.45, 7) is 6.49. The highest BCUT2D eigenvalue weighted by Gasteiger charge is 2.41. The summed E-state index contributed by atoms with van der Waals surface area (Å²) in [4.78, 5) is 0. The van der Waals surface area contributed by atoms with Gasteiger partial charge in [-0.25, -0.2) is 0 Å². The Morgan fingerprint density at radius 3 is 2.38 bits per heavy atom.